The number of nitrogens with zero attached hydrogens (tertiary/aromatic N) is 2. The second-order valence-electron chi connectivity index (χ2n) is 7.36. The van der Waals surface area contributed by atoms with Crippen molar-refractivity contribution in [1.29, 1.82) is 10.5 Å². The van der Waals surface area contributed by atoms with Gasteiger partial charge >= 0.3 is 11.9 Å². The summed E-state index contributed by atoms with van der Waals surface area (Å²) >= 11 is 0. The molecule has 8 heteroatoms. The summed E-state index contributed by atoms with van der Waals surface area (Å²) < 4.78 is 21.5. The molecule has 186 valence electrons. The van der Waals surface area contributed by atoms with Gasteiger partial charge in [0.2, 0.25) is 0 Å². The molecule has 8 nitrogen and oxygen atoms in total. The lowest BCUT2D eigenvalue weighted by Gasteiger charge is -2.11. The van der Waals surface area contributed by atoms with Crippen LogP contribution < -0.4 is 14.2 Å². The Hall–Kier alpha value is -4.56. The summed E-state index contributed by atoms with van der Waals surface area (Å²) in [5.74, 6) is -0.576. The van der Waals surface area contributed by atoms with Crippen LogP contribution >= 0.6 is 0 Å². The zero-order valence-electron chi connectivity index (χ0n) is 20.6. The number of ether oxygens (including phenoxy) is 4. The van der Waals surface area contributed by atoms with Crippen LogP contribution in [0.1, 0.15) is 44.7 Å². The Bertz CT molecular complexity index is 1200. The summed E-state index contributed by atoms with van der Waals surface area (Å²) in [7, 11) is 0. The number of unbranched alkanes of at least 4 members (excludes halogenated alkanes) is 1. The molecule has 2 rings (SSSR count). The van der Waals surface area contributed by atoms with Crippen LogP contribution in [0.15, 0.2) is 53.6 Å². The second kappa shape index (κ2) is 14.6. The zero-order chi connectivity index (χ0) is 26.3. The van der Waals surface area contributed by atoms with Crippen molar-refractivity contribution in [1.82, 2.24) is 0 Å². The van der Waals surface area contributed by atoms with Crippen LogP contribution in [0.5, 0.6) is 17.2 Å². The summed E-state index contributed by atoms with van der Waals surface area (Å²) in [6, 6.07) is 15.2. The largest absolute Gasteiger partial charge is 0.494 e. The number of nitriles is 2. The quantitative estimate of drug-likeness (QED) is 0.131. The molecule has 0 radical (unpaired) electrons. The highest BCUT2D eigenvalue weighted by atomic mass is 16.6. The van der Waals surface area contributed by atoms with Crippen molar-refractivity contribution in [3.05, 3.63) is 64.7 Å². The topological polar surface area (TPSA) is 119 Å². The van der Waals surface area contributed by atoms with E-state index in [1.165, 1.54) is 24.3 Å². The van der Waals surface area contributed by atoms with Crippen molar-refractivity contribution in [3.63, 3.8) is 0 Å². The van der Waals surface area contributed by atoms with Gasteiger partial charge in [-0.15, -0.1) is 0 Å². The number of rotatable bonds is 12. The molecule has 0 heterocycles. The highest BCUT2D eigenvalue weighted by Crippen LogP contribution is 2.30. The molecule has 36 heavy (non-hydrogen) atoms. The van der Waals surface area contributed by atoms with E-state index in [9.17, 15) is 20.1 Å². The van der Waals surface area contributed by atoms with Gasteiger partial charge in [-0.05, 0) is 67.8 Å². The van der Waals surface area contributed by atoms with Gasteiger partial charge in [0, 0.05) is 0 Å². The van der Waals surface area contributed by atoms with Crippen LogP contribution in [0.2, 0.25) is 0 Å². The molecule has 0 saturated heterocycles. The number of benzene rings is 2. The molecule has 2 aromatic rings. The number of carbonyl (C=O) groups excluding carboxylic acids is 2. The summed E-state index contributed by atoms with van der Waals surface area (Å²) in [6.07, 6.45) is 4.77. The van der Waals surface area contributed by atoms with E-state index in [2.05, 4.69) is 6.92 Å². The number of hydrogen-bond donors (Lipinski definition) is 0. The number of carbonyl (C=O) groups is 2. The number of esters is 2. The minimum Gasteiger partial charge on any atom is -0.494 e. The maximum atomic E-state index is 12.7. The Morgan fingerprint density at radius 2 is 1.44 bits per heavy atom. The molecule has 0 bridgehead atoms. The molecule has 2 aromatic carbocycles. The van der Waals surface area contributed by atoms with E-state index in [4.69, 9.17) is 18.9 Å². The molecule has 0 aliphatic carbocycles. The summed E-state index contributed by atoms with van der Waals surface area (Å²) in [6.45, 7) is 6.52. The Morgan fingerprint density at radius 1 is 0.806 bits per heavy atom. The average molecular weight is 489 g/mol. The van der Waals surface area contributed by atoms with Gasteiger partial charge in [-0.25, -0.2) is 9.59 Å². The Labute approximate surface area is 211 Å². The van der Waals surface area contributed by atoms with Gasteiger partial charge in [0.05, 0.1) is 19.8 Å². The molecule has 0 aliphatic heterocycles. The molecule has 0 aliphatic rings. The van der Waals surface area contributed by atoms with Crippen LogP contribution in [-0.2, 0) is 14.3 Å². The van der Waals surface area contributed by atoms with Crippen molar-refractivity contribution in [2.75, 3.05) is 19.8 Å². The third-order valence-electron chi connectivity index (χ3n) is 4.70. The average Bonchev–Trinajstić information content (AvgIpc) is 2.88. The fourth-order valence-corrected chi connectivity index (χ4v) is 2.93. The van der Waals surface area contributed by atoms with Gasteiger partial charge in [-0.1, -0.05) is 31.5 Å². The van der Waals surface area contributed by atoms with Crippen LogP contribution in [0.4, 0.5) is 0 Å². The molecular formula is C28H28N2O6. The van der Waals surface area contributed by atoms with E-state index in [0.29, 0.717) is 23.5 Å². The van der Waals surface area contributed by atoms with Gasteiger partial charge in [0.1, 0.15) is 29.0 Å². The molecular weight excluding hydrogens is 460 g/mol. The summed E-state index contributed by atoms with van der Waals surface area (Å²) in [5, 5.41) is 18.8. The lowest BCUT2D eigenvalue weighted by atomic mass is 10.1. The fraction of sp³-hybridized carbons (Fsp3) is 0.286. The number of hydrogen-bond acceptors (Lipinski definition) is 8. The van der Waals surface area contributed by atoms with E-state index in [1.54, 1.807) is 50.2 Å². The summed E-state index contributed by atoms with van der Waals surface area (Å²) in [5.41, 5.74) is 0.732. The smallest absolute Gasteiger partial charge is 0.354 e. The van der Waals surface area contributed by atoms with E-state index in [-0.39, 0.29) is 35.9 Å². The molecule has 0 atom stereocenters. The molecule has 0 saturated carbocycles. The fourth-order valence-electron chi connectivity index (χ4n) is 2.93. The van der Waals surface area contributed by atoms with Crippen LogP contribution in [0.3, 0.4) is 0 Å². The Morgan fingerprint density at radius 3 is 2.06 bits per heavy atom. The SMILES string of the molecule is CCCCOc1ccc(/C=C(\C#N)C(=O)Oc2ccc(/C=C(\C#N)C(=O)OCC)cc2OCC)cc1. The maximum Gasteiger partial charge on any atom is 0.354 e. The van der Waals surface area contributed by atoms with Crippen LogP contribution in [0.25, 0.3) is 12.2 Å². The van der Waals surface area contributed by atoms with E-state index in [1.807, 2.05) is 6.07 Å². The third kappa shape index (κ3) is 8.34. The molecule has 0 spiro atoms. The standard InChI is InChI=1S/C28H28N2O6/c1-4-7-14-35-24-11-8-20(9-12-24)15-23(19-30)28(32)36-25-13-10-21(17-26(25)33-5-2)16-22(18-29)27(31)34-6-3/h8-13,15-17H,4-7,14H2,1-3H3/b22-16+,23-15+. The highest BCUT2D eigenvalue weighted by molar-refractivity contribution is 5.99. The van der Waals surface area contributed by atoms with Crippen molar-refractivity contribution < 1.29 is 28.5 Å². The van der Waals surface area contributed by atoms with Gasteiger partial charge in [0.25, 0.3) is 0 Å². The second-order valence-corrected chi connectivity index (χ2v) is 7.36. The van der Waals surface area contributed by atoms with Crippen molar-refractivity contribution in [3.8, 4) is 29.4 Å². The first kappa shape index (κ1) is 27.7. The first-order chi connectivity index (χ1) is 17.4. The monoisotopic (exact) mass is 488 g/mol. The van der Waals surface area contributed by atoms with Gasteiger partial charge < -0.3 is 18.9 Å². The van der Waals surface area contributed by atoms with Crippen LogP contribution in [0, 0.1) is 22.7 Å². The predicted molar refractivity (Wildman–Crippen MR) is 134 cm³/mol. The Balaban J connectivity index is 2.23. The van der Waals surface area contributed by atoms with E-state index in [0.717, 1.165) is 12.8 Å². The zero-order valence-corrected chi connectivity index (χ0v) is 20.6. The first-order valence-electron chi connectivity index (χ1n) is 11.6. The van der Waals surface area contributed by atoms with Gasteiger partial charge in [0.15, 0.2) is 11.5 Å². The molecule has 0 amide bonds. The molecule has 0 fully saturated rings. The lowest BCUT2D eigenvalue weighted by Crippen LogP contribution is -2.11. The lowest BCUT2D eigenvalue weighted by molar-refractivity contribution is -0.138. The maximum absolute atomic E-state index is 12.7. The van der Waals surface area contributed by atoms with Crippen LogP contribution in [-0.4, -0.2) is 31.8 Å². The first-order valence-corrected chi connectivity index (χ1v) is 11.6. The van der Waals surface area contributed by atoms with Crippen molar-refractivity contribution in [2.45, 2.75) is 33.6 Å². The third-order valence-corrected chi connectivity index (χ3v) is 4.70. The van der Waals surface area contributed by atoms with E-state index >= 15 is 0 Å². The van der Waals surface area contributed by atoms with Gasteiger partial charge in [-0.2, -0.15) is 10.5 Å². The highest BCUT2D eigenvalue weighted by Gasteiger charge is 2.17. The molecule has 0 unspecified atom stereocenters. The van der Waals surface area contributed by atoms with E-state index < -0.39 is 11.9 Å². The van der Waals surface area contributed by atoms with Crippen molar-refractivity contribution >= 4 is 24.1 Å². The Kier molecular flexibility index (Phi) is 11.3. The predicted octanol–water partition coefficient (Wildman–Crippen LogP) is 5.25. The minimum absolute atomic E-state index is 0.0921. The molecule has 0 N–H and O–H groups in total. The van der Waals surface area contributed by atoms with Gasteiger partial charge in [-0.3, -0.25) is 0 Å². The summed E-state index contributed by atoms with van der Waals surface area (Å²) in [4.78, 5) is 24.6. The molecule has 0 aromatic heterocycles. The van der Waals surface area contributed by atoms with Crippen molar-refractivity contribution in [2.24, 2.45) is 0 Å². The normalized spacial score (nSPS) is 11.1. The minimum atomic E-state index is -0.853.